The van der Waals surface area contributed by atoms with Crippen LogP contribution in [0.2, 0.25) is 0 Å². The van der Waals surface area contributed by atoms with Gasteiger partial charge >= 0.3 is 11.9 Å². The second-order valence-corrected chi connectivity index (χ2v) is 28.3. The van der Waals surface area contributed by atoms with Crippen molar-refractivity contribution in [2.75, 3.05) is 50.1 Å². The number of nitrogens with two attached hydrogens (primary N) is 5. The molecule has 0 rings (SSSR count). The molecule has 0 unspecified atom stereocenters. The topological polar surface area (TPSA) is 702 Å². The number of carboxylic acid groups (broad SMARTS) is 2. The van der Waals surface area contributed by atoms with Gasteiger partial charge in [-0.1, -0.05) is 74.7 Å². The Bertz CT molecular complexity index is 3160. The van der Waals surface area contributed by atoms with E-state index in [1.54, 1.807) is 34.6 Å². The van der Waals surface area contributed by atoms with Crippen molar-refractivity contribution in [1.29, 1.82) is 0 Å². The van der Waals surface area contributed by atoms with Crippen LogP contribution >= 0.6 is 37.9 Å². The van der Waals surface area contributed by atoms with Gasteiger partial charge in [-0.05, 0) is 82.1 Å². The van der Waals surface area contributed by atoms with E-state index in [4.69, 9.17) is 28.7 Å². The molecule has 0 saturated carbocycles. The van der Waals surface area contributed by atoms with Gasteiger partial charge in [0.1, 0.15) is 78.5 Å². The number of thiol groups is 3. The molecule has 42 nitrogen and oxygen atoms in total. The van der Waals surface area contributed by atoms with Crippen LogP contribution < -0.4 is 103 Å². The molecule has 0 bridgehead atoms. The molecule has 0 spiro atoms. The van der Waals surface area contributed by atoms with Gasteiger partial charge in [0, 0.05) is 36.6 Å². The molecular weight excluding hydrogens is 1520 g/mol. The van der Waals surface area contributed by atoms with Gasteiger partial charge in [-0.2, -0.15) is 37.9 Å². The van der Waals surface area contributed by atoms with Crippen molar-refractivity contribution in [2.24, 2.45) is 57.3 Å². The fraction of sp³-hybridized carbons (Fsp3) is 0.727. The molecule has 0 saturated heterocycles. The summed E-state index contributed by atoms with van der Waals surface area (Å²) in [6, 6.07) is -22.0. The van der Waals surface area contributed by atoms with Crippen molar-refractivity contribution >= 4 is 144 Å². The van der Waals surface area contributed by atoms with Crippen LogP contribution in [-0.2, 0) is 81.5 Å². The molecule has 111 heavy (non-hydrogen) atoms. The number of primary amides is 1. The molecule has 15 amide bonds. The number of carbonyl (C=O) groups is 17. The predicted octanol–water partition coefficient (Wildman–Crippen LogP) is -8.92. The first-order valence-corrected chi connectivity index (χ1v) is 38.1. The lowest BCUT2D eigenvalue weighted by atomic mass is 9.96. The van der Waals surface area contributed by atoms with Gasteiger partial charge < -0.3 is 129 Å². The summed E-state index contributed by atoms with van der Waals surface area (Å²) in [4.78, 5) is 231. The van der Waals surface area contributed by atoms with Crippen LogP contribution in [0.3, 0.4) is 0 Å². The second kappa shape index (κ2) is 53.9. The highest BCUT2D eigenvalue weighted by Crippen LogP contribution is 2.15. The number of unbranched alkanes of at least 4 members (excludes halogenated alkanes) is 1. The number of carbonyl (C=O) groups excluding carboxylic acids is 15. The summed E-state index contributed by atoms with van der Waals surface area (Å²) in [7, 11) is 0. The van der Waals surface area contributed by atoms with Gasteiger partial charge in [-0.25, -0.2) is 4.79 Å². The molecule has 0 fully saturated rings. The van der Waals surface area contributed by atoms with Gasteiger partial charge in [0.15, 0.2) is 5.96 Å². The third-order valence-corrected chi connectivity index (χ3v) is 18.3. The van der Waals surface area contributed by atoms with Crippen molar-refractivity contribution in [3.63, 3.8) is 0 Å². The minimum absolute atomic E-state index is 0.0155. The molecule has 0 aromatic heterocycles. The van der Waals surface area contributed by atoms with E-state index in [0.717, 1.165) is 6.92 Å². The van der Waals surface area contributed by atoms with Gasteiger partial charge in [0.2, 0.25) is 88.6 Å². The third-order valence-electron chi connectivity index (χ3n) is 17.2. The highest BCUT2D eigenvalue weighted by atomic mass is 32.1. The maximum atomic E-state index is 14.2. The summed E-state index contributed by atoms with van der Waals surface area (Å²) in [6.45, 7) is 11.6. The molecule has 0 aromatic carbocycles. The maximum absolute atomic E-state index is 14.2. The Morgan fingerprint density at radius 1 is 0.414 bits per heavy atom. The first kappa shape index (κ1) is 102. The van der Waals surface area contributed by atoms with Crippen molar-refractivity contribution < 1.29 is 107 Å². The maximum Gasteiger partial charge on any atom is 0.326 e. The van der Waals surface area contributed by atoms with E-state index in [1.807, 2.05) is 0 Å². The van der Waals surface area contributed by atoms with Gasteiger partial charge in [0.05, 0.1) is 31.9 Å². The van der Waals surface area contributed by atoms with E-state index in [0.29, 0.717) is 19.4 Å². The van der Waals surface area contributed by atoms with E-state index in [9.17, 15) is 107 Å². The summed E-state index contributed by atoms with van der Waals surface area (Å²) in [5, 5.41) is 83.3. The van der Waals surface area contributed by atoms with E-state index in [1.165, 1.54) is 20.8 Å². The highest BCUT2D eigenvalue weighted by Gasteiger charge is 2.40. The molecule has 0 heterocycles. The molecular formula is C66H118N20O22S3. The number of nitrogens with one attached hydrogen (secondary N) is 14. The Morgan fingerprint density at radius 2 is 0.784 bits per heavy atom. The lowest BCUT2D eigenvalue weighted by molar-refractivity contribution is -0.143. The molecule has 29 N–H and O–H groups in total. The summed E-state index contributed by atoms with van der Waals surface area (Å²) >= 11 is 12.4. The average molecular weight is 1640 g/mol. The number of hydrogen-bond donors (Lipinski definition) is 27. The third kappa shape index (κ3) is 38.7. The largest absolute Gasteiger partial charge is 0.481 e. The van der Waals surface area contributed by atoms with Crippen molar-refractivity contribution in [1.82, 2.24) is 74.4 Å². The number of amides is 15. The van der Waals surface area contributed by atoms with Crippen LogP contribution in [-0.4, -0.2) is 273 Å². The lowest BCUT2D eigenvalue weighted by Crippen LogP contribution is -2.63. The van der Waals surface area contributed by atoms with Crippen LogP contribution in [0.4, 0.5) is 0 Å². The van der Waals surface area contributed by atoms with Crippen LogP contribution in [0, 0.1) is 23.7 Å². The number of aliphatic hydroxyl groups excluding tert-OH is 3. The number of aliphatic carboxylic acids is 2. The first-order chi connectivity index (χ1) is 52.0. The van der Waals surface area contributed by atoms with Crippen molar-refractivity contribution in [3.8, 4) is 0 Å². The van der Waals surface area contributed by atoms with Crippen LogP contribution in [0.15, 0.2) is 4.99 Å². The smallest absolute Gasteiger partial charge is 0.326 e. The minimum Gasteiger partial charge on any atom is -0.481 e. The summed E-state index contributed by atoms with van der Waals surface area (Å²) in [5.74, 6) is -22.4. The molecule has 632 valence electrons. The Kier molecular flexibility index (Phi) is 49.6. The number of rotatable bonds is 56. The number of aliphatic hydroxyl groups is 3. The quantitative estimate of drug-likeness (QED) is 0.0116. The number of nitrogens with zero attached hydrogens (tertiary/aromatic N) is 1. The number of guanidine groups is 1. The van der Waals surface area contributed by atoms with Gasteiger partial charge in [-0.3, -0.25) is 81.7 Å². The number of aliphatic imine (C=N–C) groups is 1. The Balaban J connectivity index is 6.58. The standard InChI is InChI=1S/C66H118N20O22S3/c1-10-32(7)49(83-46(91)24-73-53(95)36(16-14-22-72-66(70)71)74-52(94)35(68)15-12-13-21-67)63(105)84-48(31(5)6)61(103)76-38(18-20-47(92)93)54(96)75-37(17-19-45(69)90)55(97)80-42(27-109)59(101)81-44(29-111)60(102)86-51(34(9)89)64(106)79-41(26-88)57(99)85-50(33(8)11-2)62(104)82-43(28-110)58(100)78-40(25-87)56(98)77-39(65(107)108)23-30(3)4/h30-44,48-51,87-89,109-111H,10-29,67-68H2,1-9H3,(H2,69,90)(H,73,95)(H,74,94)(H,75,96)(H,76,103)(H,77,98)(H,78,100)(H,79,106)(H,80,97)(H,81,101)(H,82,104)(H,83,91)(H,84,105)(H,85,99)(H,86,102)(H,92,93)(H,107,108)(H4,70,71,72)/t32-,33-,34+,35-,36-,37-,38-,39-,40-,41-,42-,43-,44-,48-,49-,50-,51-/m0/s1. The fourth-order valence-electron chi connectivity index (χ4n) is 10.2. The predicted molar refractivity (Wildman–Crippen MR) is 412 cm³/mol. The molecule has 0 aliphatic rings. The zero-order valence-corrected chi connectivity index (χ0v) is 66.6. The first-order valence-electron chi connectivity index (χ1n) is 36.2. The Hall–Kier alpha value is -8.89. The van der Waals surface area contributed by atoms with Crippen LogP contribution in [0.5, 0.6) is 0 Å². The SMILES string of the molecule is CC[C@H](C)[C@H](NC(=O)CNC(=O)[C@H](CCCN=C(N)N)NC(=O)[C@@H](N)CCCCN)C(=O)N[C@H](C(=O)N[C@@H](CCC(=O)O)C(=O)N[C@@H](CCC(N)=O)C(=O)N[C@@H](CS)C(=O)N[C@@H](CS)C(=O)N[C@H](C(=O)N[C@@H](CO)C(=O)N[C@H](C(=O)N[C@@H](CS)C(=O)N[C@@H](CO)C(=O)N[C@@H](CC(C)C)C(=O)O)[C@@H](C)CC)[C@@H](C)O)C(C)C. The van der Waals surface area contributed by atoms with Crippen molar-refractivity contribution in [3.05, 3.63) is 0 Å². The van der Waals surface area contributed by atoms with E-state index >= 15 is 0 Å². The number of carboxylic acids is 2. The average Bonchev–Trinajstić information content (AvgIpc) is 0.854. The summed E-state index contributed by atoms with van der Waals surface area (Å²) < 4.78 is 0. The highest BCUT2D eigenvalue weighted by molar-refractivity contribution is 7.80. The monoisotopic (exact) mass is 1640 g/mol. The van der Waals surface area contributed by atoms with Crippen LogP contribution in [0.1, 0.15) is 139 Å². The van der Waals surface area contributed by atoms with Gasteiger partial charge in [-0.15, -0.1) is 0 Å². The fourth-order valence-corrected chi connectivity index (χ4v) is 11.0. The Morgan fingerprint density at radius 3 is 1.23 bits per heavy atom. The molecule has 0 aromatic rings. The zero-order chi connectivity index (χ0) is 85.1. The Labute approximate surface area is 660 Å². The summed E-state index contributed by atoms with van der Waals surface area (Å²) in [6.07, 6.45) is -2.17. The molecule has 0 aliphatic heterocycles. The minimum atomic E-state index is -1.96. The normalized spacial score (nSPS) is 15.8. The second-order valence-electron chi connectivity index (χ2n) is 27.2. The molecule has 45 heteroatoms. The molecule has 0 radical (unpaired) electrons. The van der Waals surface area contributed by atoms with Crippen LogP contribution in [0.25, 0.3) is 0 Å². The molecule has 0 aliphatic carbocycles. The summed E-state index contributed by atoms with van der Waals surface area (Å²) in [5.41, 5.74) is 27.8. The molecule has 17 atom stereocenters. The van der Waals surface area contributed by atoms with E-state index in [2.05, 4.69) is 117 Å². The van der Waals surface area contributed by atoms with E-state index < -0.39 is 272 Å². The number of hydrogen-bond acceptors (Lipinski definition) is 26. The van der Waals surface area contributed by atoms with E-state index in [-0.39, 0.29) is 56.9 Å². The lowest BCUT2D eigenvalue weighted by Gasteiger charge is -2.30. The van der Waals surface area contributed by atoms with Gasteiger partial charge in [0.25, 0.3) is 0 Å². The van der Waals surface area contributed by atoms with Crippen molar-refractivity contribution in [2.45, 2.75) is 230 Å². The zero-order valence-electron chi connectivity index (χ0n) is 64.0.